The third-order valence-electron chi connectivity index (χ3n) is 5.30. The fraction of sp³-hybridized carbons (Fsp3) is 0.300. The molecule has 0 spiro atoms. The Kier molecular flexibility index (Phi) is 6.13. The van der Waals surface area contributed by atoms with Crippen LogP contribution in [0.1, 0.15) is 24.5 Å². The Bertz CT molecular complexity index is 1330. The van der Waals surface area contributed by atoms with Gasteiger partial charge in [0.05, 0.1) is 23.0 Å². The van der Waals surface area contributed by atoms with Gasteiger partial charge in [0.1, 0.15) is 11.4 Å². The van der Waals surface area contributed by atoms with E-state index in [-0.39, 0.29) is 41.2 Å². The number of aromatic amines is 1. The van der Waals surface area contributed by atoms with Crippen molar-refractivity contribution in [2.75, 3.05) is 13.1 Å². The lowest BCUT2D eigenvalue weighted by molar-refractivity contribution is -0.274. The zero-order chi connectivity index (χ0) is 22.3. The molecule has 9 nitrogen and oxygen atoms in total. The van der Waals surface area contributed by atoms with Crippen molar-refractivity contribution < 1.29 is 22.4 Å². The van der Waals surface area contributed by atoms with Crippen molar-refractivity contribution in [3.8, 4) is 28.6 Å². The van der Waals surface area contributed by atoms with Crippen LogP contribution < -0.4 is 15.6 Å². The van der Waals surface area contributed by atoms with Crippen LogP contribution in [0, 0.1) is 0 Å². The van der Waals surface area contributed by atoms with Crippen LogP contribution in [0.25, 0.3) is 28.5 Å². The number of benzene rings is 1. The summed E-state index contributed by atoms with van der Waals surface area (Å²) in [5.41, 5.74) is 1.26. The lowest BCUT2D eigenvalue weighted by Crippen LogP contribution is -2.28. The van der Waals surface area contributed by atoms with E-state index in [4.69, 9.17) is 4.52 Å². The summed E-state index contributed by atoms with van der Waals surface area (Å²) in [7, 11) is 0. The summed E-state index contributed by atoms with van der Waals surface area (Å²) in [5, 5.41) is 11.6. The number of aromatic nitrogens is 5. The van der Waals surface area contributed by atoms with E-state index >= 15 is 0 Å². The molecule has 5 rings (SSSR count). The van der Waals surface area contributed by atoms with Gasteiger partial charge in [-0.1, -0.05) is 17.3 Å². The van der Waals surface area contributed by atoms with E-state index in [0.29, 0.717) is 11.2 Å². The van der Waals surface area contributed by atoms with Gasteiger partial charge in [-0.2, -0.15) is 10.1 Å². The van der Waals surface area contributed by atoms with Crippen molar-refractivity contribution in [2.24, 2.45) is 0 Å². The van der Waals surface area contributed by atoms with Crippen LogP contribution in [0.15, 0.2) is 45.8 Å². The molecule has 4 heterocycles. The van der Waals surface area contributed by atoms with Crippen LogP contribution >= 0.6 is 12.4 Å². The van der Waals surface area contributed by atoms with E-state index in [1.54, 1.807) is 4.52 Å². The van der Waals surface area contributed by atoms with Gasteiger partial charge in [0.25, 0.3) is 11.4 Å². The number of nitrogens with one attached hydrogen (secondary N) is 2. The Hall–Kier alpha value is -3.38. The molecule has 0 bridgehead atoms. The molecule has 0 amide bonds. The average Bonchev–Trinajstić information content (AvgIpc) is 3.40. The Labute approximate surface area is 190 Å². The van der Waals surface area contributed by atoms with Crippen molar-refractivity contribution >= 4 is 18.1 Å². The summed E-state index contributed by atoms with van der Waals surface area (Å²) < 4.78 is 49.1. The van der Waals surface area contributed by atoms with Gasteiger partial charge >= 0.3 is 6.36 Å². The minimum Gasteiger partial charge on any atom is -0.405 e. The topological polar surface area (TPSA) is 110 Å². The number of halogens is 4. The second-order valence-electron chi connectivity index (χ2n) is 7.37. The molecule has 0 unspecified atom stereocenters. The minimum atomic E-state index is -4.87. The first-order valence-corrected chi connectivity index (χ1v) is 9.90. The molecular weight excluding hydrogens is 465 g/mol. The molecule has 174 valence electrons. The predicted molar refractivity (Wildman–Crippen MR) is 113 cm³/mol. The lowest BCUT2D eigenvalue weighted by Gasteiger charge is -2.23. The van der Waals surface area contributed by atoms with Crippen LogP contribution in [0.2, 0.25) is 0 Å². The summed E-state index contributed by atoms with van der Waals surface area (Å²) in [6.07, 6.45) is -1.64. The van der Waals surface area contributed by atoms with Gasteiger partial charge in [0.15, 0.2) is 0 Å². The molecule has 0 atom stereocenters. The first-order valence-electron chi connectivity index (χ1n) is 9.90. The molecule has 3 aromatic heterocycles. The van der Waals surface area contributed by atoms with Crippen molar-refractivity contribution in [3.05, 3.63) is 52.6 Å². The van der Waals surface area contributed by atoms with E-state index in [1.165, 1.54) is 30.5 Å². The Morgan fingerprint density at radius 2 is 1.91 bits per heavy atom. The zero-order valence-electron chi connectivity index (χ0n) is 16.9. The number of rotatable bonds is 4. The standard InChI is InChI=1S/C20H17F3N6O3.ClH/c21-20(22,23)31-15-4-2-1-3-12(15)19-27-17(28-32-19)13-10-25-29-14(9-16(30)26-18(13)29)11-5-7-24-8-6-11;/h1-4,9-11,24H,5-8H2,(H,26,30);1H. The van der Waals surface area contributed by atoms with Gasteiger partial charge in [-0.25, -0.2) is 4.52 Å². The number of fused-ring (bicyclic) bond motifs is 1. The molecule has 2 N–H and O–H groups in total. The molecule has 0 aliphatic carbocycles. The van der Waals surface area contributed by atoms with Crippen molar-refractivity contribution in [1.82, 2.24) is 30.1 Å². The van der Waals surface area contributed by atoms with Crippen molar-refractivity contribution in [1.29, 1.82) is 0 Å². The largest absolute Gasteiger partial charge is 0.573 e. The molecule has 1 aliphatic heterocycles. The molecule has 4 aromatic rings. The molecule has 0 radical (unpaired) electrons. The SMILES string of the molecule is Cl.O=c1cc(C2CCNCC2)n2ncc(-c3noc(-c4ccccc4OC(F)(F)F)n3)c2[nH]1. The molecule has 1 fully saturated rings. The fourth-order valence-electron chi connectivity index (χ4n) is 3.88. The first-order chi connectivity index (χ1) is 15.4. The first kappa shape index (κ1) is 22.8. The fourth-order valence-corrected chi connectivity index (χ4v) is 3.88. The quantitative estimate of drug-likeness (QED) is 0.458. The van der Waals surface area contributed by atoms with Crippen LogP contribution in [0.5, 0.6) is 5.75 Å². The van der Waals surface area contributed by atoms with Gasteiger partial charge in [0.2, 0.25) is 5.82 Å². The maximum atomic E-state index is 12.7. The number of hydrogen-bond donors (Lipinski definition) is 2. The second kappa shape index (κ2) is 8.87. The molecule has 1 aliphatic rings. The van der Waals surface area contributed by atoms with Gasteiger partial charge in [-0.15, -0.1) is 25.6 Å². The molecule has 0 saturated carbocycles. The summed E-state index contributed by atoms with van der Waals surface area (Å²) >= 11 is 0. The smallest absolute Gasteiger partial charge is 0.405 e. The Morgan fingerprint density at radius 1 is 1.15 bits per heavy atom. The molecule has 33 heavy (non-hydrogen) atoms. The minimum absolute atomic E-state index is 0. The molecule has 13 heteroatoms. The van der Waals surface area contributed by atoms with E-state index in [9.17, 15) is 18.0 Å². The molecular formula is C20H18ClF3N6O3. The van der Waals surface area contributed by atoms with Crippen LogP contribution in [-0.2, 0) is 0 Å². The van der Waals surface area contributed by atoms with Crippen LogP contribution in [-0.4, -0.2) is 44.2 Å². The third kappa shape index (κ3) is 4.57. The monoisotopic (exact) mass is 482 g/mol. The highest BCUT2D eigenvalue weighted by atomic mass is 35.5. The number of hydrogen-bond acceptors (Lipinski definition) is 7. The van der Waals surface area contributed by atoms with Gasteiger partial charge in [-0.3, -0.25) is 4.79 Å². The maximum absolute atomic E-state index is 12.7. The van der Waals surface area contributed by atoms with Crippen molar-refractivity contribution in [2.45, 2.75) is 25.1 Å². The number of nitrogens with zero attached hydrogens (tertiary/aromatic N) is 4. The van der Waals surface area contributed by atoms with Gasteiger partial charge in [0, 0.05) is 12.0 Å². The number of alkyl halides is 3. The third-order valence-corrected chi connectivity index (χ3v) is 5.30. The van der Waals surface area contributed by atoms with Crippen molar-refractivity contribution in [3.63, 3.8) is 0 Å². The number of para-hydroxylation sites is 1. The number of H-pyrrole nitrogens is 1. The van der Waals surface area contributed by atoms with E-state index in [0.717, 1.165) is 37.7 Å². The maximum Gasteiger partial charge on any atom is 0.573 e. The number of ether oxygens (including phenoxy) is 1. The summed E-state index contributed by atoms with van der Waals surface area (Å²) in [4.78, 5) is 19.3. The van der Waals surface area contributed by atoms with E-state index < -0.39 is 12.1 Å². The summed E-state index contributed by atoms with van der Waals surface area (Å²) in [5.74, 6) is -0.372. The highest BCUT2D eigenvalue weighted by Crippen LogP contribution is 2.34. The van der Waals surface area contributed by atoms with Gasteiger partial charge < -0.3 is 19.6 Å². The van der Waals surface area contributed by atoms with Crippen LogP contribution in [0.4, 0.5) is 13.2 Å². The Morgan fingerprint density at radius 3 is 2.67 bits per heavy atom. The lowest BCUT2D eigenvalue weighted by atomic mass is 9.94. The summed E-state index contributed by atoms with van der Waals surface area (Å²) in [6, 6.07) is 7.00. The Balaban J connectivity index is 0.00000259. The van der Waals surface area contributed by atoms with Gasteiger partial charge in [-0.05, 0) is 38.1 Å². The van der Waals surface area contributed by atoms with E-state index in [1.807, 2.05) is 0 Å². The molecule has 1 aromatic carbocycles. The highest BCUT2D eigenvalue weighted by Gasteiger charge is 2.33. The normalized spacial score (nSPS) is 14.9. The van der Waals surface area contributed by atoms with Crippen LogP contribution in [0.3, 0.4) is 0 Å². The van der Waals surface area contributed by atoms with E-state index in [2.05, 4.69) is 30.3 Å². The zero-order valence-corrected chi connectivity index (χ0v) is 17.7. The average molecular weight is 483 g/mol. The summed E-state index contributed by atoms with van der Waals surface area (Å²) in [6.45, 7) is 1.70. The second-order valence-corrected chi connectivity index (χ2v) is 7.37. The highest BCUT2D eigenvalue weighted by molar-refractivity contribution is 5.85. The molecule has 1 saturated heterocycles. The number of piperidine rings is 1. The predicted octanol–water partition coefficient (Wildman–Crippen LogP) is 3.53.